The molecule has 2 rings (SSSR count). The van der Waals surface area contributed by atoms with Crippen LogP contribution in [-0.4, -0.2) is 53.0 Å². The molecule has 1 atom stereocenters. The molecule has 0 saturated heterocycles. The van der Waals surface area contributed by atoms with Crippen molar-refractivity contribution in [3.05, 3.63) is 0 Å². The Morgan fingerprint density at radius 3 is 2.56 bits per heavy atom. The lowest BCUT2D eigenvalue weighted by molar-refractivity contribution is -0.127. The number of carbonyl (C=O) groups excluding carboxylic acids is 2. The van der Waals surface area contributed by atoms with E-state index in [2.05, 4.69) is 23.8 Å². The Labute approximate surface area is 106 Å². The Hall–Kier alpha value is -1.72. The molecule has 98 valence electrons. The summed E-state index contributed by atoms with van der Waals surface area (Å²) in [6, 6.07) is -1.11. The fourth-order valence-corrected chi connectivity index (χ4v) is 2.18. The molecule has 0 aromatic rings. The van der Waals surface area contributed by atoms with Gasteiger partial charge in [0, 0.05) is 20.0 Å². The highest BCUT2D eigenvalue weighted by atomic mass is 16.2. The number of amidine groups is 2. The van der Waals surface area contributed by atoms with Gasteiger partial charge in [0.05, 0.1) is 0 Å². The molecule has 2 aliphatic heterocycles. The lowest BCUT2D eigenvalue weighted by Crippen LogP contribution is -2.49. The van der Waals surface area contributed by atoms with Gasteiger partial charge in [-0.15, -0.1) is 0 Å². The highest BCUT2D eigenvalue weighted by Crippen LogP contribution is 2.21. The van der Waals surface area contributed by atoms with Gasteiger partial charge >= 0.3 is 6.03 Å². The Morgan fingerprint density at radius 1 is 1.22 bits per heavy atom. The molecule has 0 spiro atoms. The van der Waals surface area contributed by atoms with Crippen molar-refractivity contribution < 1.29 is 9.59 Å². The van der Waals surface area contributed by atoms with E-state index in [0.717, 1.165) is 36.5 Å². The van der Waals surface area contributed by atoms with Gasteiger partial charge < -0.3 is 4.90 Å². The second-order valence-electron chi connectivity index (χ2n) is 4.50. The molecule has 0 saturated carbocycles. The number of rotatable bonds is 4. The molecule has 2 aliphatic rings. The van der Waals surface area contributed by atoms with Crippen LogP contribution in [0.15, 0.2) is 9.98 Å². The minimum absolute atomic E-state index is 0.280. The minimum Gasteiger partial charge on any atom is -0.316 e. The van der Waals surface area contributed by atoms with Crippen LogP contribution in [0.2, 0.25) is 0 Å². The van der Waals surface area contributed by atoms with Crippen LogP contribution in [0, 0.1) is 0 Å². The van der Waals surface area contributed by atoms with E-state index in [1.54, 1.807) is 0 Å². The van der Waals surface area contributed by atoms with Gasteiger partial charge in [0.25, 0.3) is 5.91 Å². The average molecular weight is 250 g/mol. The normalized spacial score (nSPS) is 23.2. The number of amides is 3. The summed E-state index contributed by atoms with van der Waals surface area (Å²) >= 11 is 0. The quantitative estimate of drug-likeness (QED) is 0.754. The summed E-state index contributed by atoms with van der Waals surface area (Å²) in [5, 5.41) is 0. The van der Waals surface area contributed by atoms with Crippen molar-refractivity contribution in [1.29, 1.82) is 0 Å². The van der Waals surface area contributed by atoms with Crippen LogP contribution >= 0.6 is 0 Å². The standard InChI is InChI=1S/C12H18N4O2/c1-4-6-8-13-9-10(16(8)7-5-2)14-12(18)15(3)11(9)17/h9H,4-7H2,1-3H3. The number of hydrogen-bond acceptors (Lipinski definition) is 4. The summed E-state index contributed by atoms with van der Waals surface area (Å²) in [5.41, 5.74) is 0. The second-order valence-corrected chi connectivity index (χ2v) is 4.50. The van der Waals surface area contributed by atoms with Crippen molar-refractivity contribution in [3.63, 3.8) is 0 Å². The summed E-state index contributed by atoms with van der Waals surface area (Å²) in [5.74, 6) is 1.10. The summed E-state index contributed by atoms with van der Waals surface area (Å²) in [6.45, 7) is 4.87. The van der Waals surface area contributed by atoms with Gasteiger partial charge in [-0.3, -0.25) is 14.7 Å². The zero-order valence-corrected chi connectivity index (χ0v) is 11.0. The maximum atomic E-state index is 12.0. The molecule has 0 fully saturated rings. The Morgan fingerprint density at radius 2 is 1.94 bits per heavy atom. The Bertz CT molecular complexity index is 441. The maximum absolute atomic E-state index is 12.0. The van der Waals surface area contributed by atoms with Crippen LogP contribution in [0.4, 0.5) is 4.79 Å². The molecule has 0 N–H and O–H groups in total. The smallest absolute Gasteiger partial charge is 0.316 e. The largest absolute Gasteiger partial charge is 0.351 e. The molecule has 6 heteroatoms. The van der Waals surface area contributed by atoms with E-state index in [1.165, 1.54) is 7.05 Å². The van der Waals surface area contributed by atoms with Crippen LogP contribution < -0.4 is 0 Å². The number of imide groups is 1. The Balaban J connectivity index is 2.36. The number of carbonyl (C=O) groups is 2. The maximum Gasteiger partial charge on any atom is 0.351 e. The first-order chi connectivity index (χ1) is 8.60. The van der Waals surface area contributed by atoms with Crippen LogP contribution in [0.3, 0.4) is 0 Å². The highest BCUT2D eigenvalue weighted by Gasteiger charge is 2.42. The third-order valence-corrected chi connectivity index (χ3v) is 3.09. The van der Waals surface area contributed by atoms with E-state index in [0.29, 0.717) is 5.84 Å². The zero-order valence-electron chi connectivity index (χ0n) is 11.0. The van der Waals surface area contributed by atoms with Crippen molar-refractivity contribution in [3.8, 4) is 0 Å². The van der Waals surface area contributed by atoms with Crippen molar-refractivity contribution in [2.75, 3.05) is 13.6 Å². The van der Waals surface area contributed by atoms with Gasteiger partial charge in [-0.1, -0.05) is 13.8 Å². The van der Waals surface area contributed by atoms with Crippen LogP contribution in [0.1, 0.15) is 33.1 Å². The fourth-order valence-electron chi connectivity index (χ4n) is 2.18. The number of fused-ring (bicyclic) bond motifs is 1. The van der Waals surface area contributed by atoms with E-state index in [4.69, 9.17) is 0 Å². The first-order valence-electron chi connectivity index (χ1n) is 6.34. The monoisotopic (exact) mass is 250 g/mol. The minimum atomic E-state index is -0.610. The van der Waals surface area contributed by atoms with E-state index in [1.807, 2.05) is 4.90 Å². The summed E-state index contributed by atoms with van der Waals surface area (Å²) < 4.78 is 0. The van der Waals surface area contributed by atoms with Crippen LogP contribution in [0.5, 0.6) is 0 Å². The number of hydrogen-bond donors (Lipinski definition) is 0. The number of aliphatic imine (C=N–C) groups is 2. The molecule has 1 unspecified atom stereocenters. The molecule has 0 radical (unpaired) electrons. The molecule has 18 heavy (non-hydrogen) atoms. The van der Waals surface area contributed by atoms with Gasteiger partial charge in [0.15, 0.2) is 11.9 Å². The van der Waals surface area contributed by atoms with Crippen LogP contribution in [0.25, 0.3) is 0 Å². The second kappa shape index (κ2) is 4.88. The van der Waals surface area contributed by atoms with Gasteiger partial charge in [-0.05, 0) is 12.8 Å². The topological polar surface area (TPSA) is 65.3 Å². The molecule has 6 nitrogen and oxygen atoms in total. The molecule has 0 aromatic carbocycles. The Kier molecular flexibility index (Phi) is 3.45. The SMILES string of the molecule is CCCC1=NC2C(=O)N(C)C(=O)N=C2N1CCC. The number of urea groups is 1. The molecule has 0 aromatic heterocycles. The van der Waals surface area contributed by atoms with Crippen molar-refractivity contribution in [2.45, 2.75) is 39.2 Å². The molecular formula is C12H18N4O2. The van der Waals surface area contributed by atoms with Crippen molar-refractivity contribution >= 4 is 23.6 Å². The molecule has 0 aliphatic carbocycles. The molecule has 0 bridgehead atoms. The predicted octanol–water partition coefficient (Wildman–Crippen LogP) is 1.27. The molecule has 3 amide bonds. The average Bonchev–Trinajstić information content (AvgIpc) is 2.67. The van der Waals surface area contributed by atoms with E-state index in [9.17, 15) is 9.59 Å². The van der Waals surface area contributed by atoms with E-state index >= 15 is 0 Å². The summed E-state index contributed by atoms with van der Waals surface area (Å²) in [4.78, 5) is 35.0. The van der Waals surface area contributed by atoms with Crippen molar-refractivity contribution in [2.24, 2.45) is 9.98 Å². The van der Waals surface area contributed by atoms with Gasteiger partial charge in [-0.2, -0.15) is 4.99 Å². The van der Waals surface area contributed by atoms with E-state index < -0.39 is 12.1 Å². The highest BCUT2D eigenvalue weighted by molar-refractivity contribution is 6.25. The third kappa shape index (κ3) is 1.91. The fraction of sp³-hybridized carbons (Fsp3) is 0.667. The lowest BCUT2D eigenvalue weighted by atomic mass is 10.2. The van der Waals surface area contributed by atoms with Gasteiger partial charge in [0.1, 0.15) is 5.84 Å². The molecule has 2 heterocycles. The van der Waals surface area contributed by atoms with Crippen molar-refractivity contribution in [1.82, 2.24) is 9.80 Å². The third-order valence-electron chi connectivity index (χ3n) is 3.09. The predicted molar refractivity (Wildman–Crippen MR) is 68.7 cm³/mol. The van der Waals surface area contributed by atoms with Crippen LogP contribution in [-0.2, 0) is 4.79 Å². The first-order valence-corrected chi connectivity index (χ1v) is 6.34. The number of likely N-dealkylation sites (N-methyl/N-ethyl adjacent to an activating group) is 1. The molecular weight excluding hydrogens is 232 g/mol. The summed E-state index contributed by atoms with van der Waals surface area (Å²) in [6.07, 6.45) is 2.68. The van der Waals surface area contributed by atoms with E-state index in [-0.39, 0.29) is 5.91 Å². The number of nitrogens with zero attached hydrogens (tertiary/aromatic N) is 4. The first kappa shape index (κ1) is 12.7. The van der Waals surface area contributed by atoms with Gasteiger partial charge in [0.2, 0.25) is 0 Å². The van der Waals surface area contributed by atoms with Gasteiger partial charge in [-0.25, -0.2) is 4.79 Å². The zero-order chi connectivity index (χ0) is 13.3. The lowest BCUT2D eigenvalue weighted by Gasteiger charge is -2.26. The summed E-state index contributed by atoms with van der Waals surface area (Å²) in [7, 11) is 1.45.